The Kier molecular flexibility index (Phi) is 8.31. The number of hydrogen-bond acceptors (Lipinski definition) is 6. The Hall–Kier alpha value is -2.03. The van der Waals surface area contributed by atoms with Gasteiger partial charge in [0.25, 0.3) is 11.8 Å². The second-order valence-electron chi connectivity index (χ2n) is 11.1. The topological polar surface area (TPSA) is 76.2 Å². The smallest absolute Gasteiger partial charge is 0.320 e. The van der Waals surface area contributed by atoms with Crippen LogP contribution in [-0.4, -0.2) is 73.8 Å². The van der Waals surface area contributed by atoms with Gasteiger partial charge in [0.2, 0.25) is 0 Å². The van der Waals surface area contributed by atoms with E-state index in [1.807, 2.05) is 25.7 Å². The molecule has 0 bridgehead atoms. The van der Waals surface area contributed by atoms with E-state index in [2.05, 4.69) is 33.9 Å². The molecule has 0 saturated heterocycles. The number of nitrogens with zero attached hydrogens (tertiary/aromatic N) is 2. The lowest BCUT2D eigenvalue weighted by Gasteiger charge is -2.43. The first-order chi connectivity index (χ1) is 15.1. The number of imide groups is 1. The quantitative estimate of drug-likeness (QED) is 0.300. The minimum atomic E-state index is -2.24. The van der Waals surface area contributed by atoms with Crippen molar-refractivity contribution >= 4 is 26.1 Å². The van der Waals surface area contributed by atoms with Crippen molar-refractivity contribution < 1.29 is 23.5 Å². The highest BCUT2D eigenvalue weighted by Gasteiger charge is 2.43. The van der Waals surface area contributed by atoms with Gasteiger partial charge < -0.3 is 9.16 Å². The molecule has 0 radical (unpaired) electrons. The van der Waals surface area contributed by atoms with Crippen LogP contribution in [0.2, 0.25) is 18.1 Å². The van der Waals surface area contributed by atoms with Gasteiger partial charge in [0.15, 0.2) is 8.32 Å². The minimum absolute atomic E-state index is 0.0546. The number of esters is 1. The maximum Gasteiger partial charge on any atom is 0.320 e. The fourth-order valence-electron chi connectivity index (χ4n) is 3.52. The van der Waals surface area contributed by atoms with Crippen LogP contribution in [0.5, 0.6) is 0 Å². The van der Waals surface area contributed by atoms with Crippen LogP contribution in [0.3, 0.4) is 0 Å². The Morgan fingerprint density at radius 2 is 1.55 bits per heavy atom. The lowest BCUT2D eigenvalue weighted by atomic mass is 10.1. The first-order valence-electron chi connectivity index (χ1n) is 11.6. The normalized spacial score (nSPS) is 15.8. The van der Waals surface area contributed by atoms with Gasteiger partial charge in [-0.1, -0.05) is 32.9 Å². The maximum absolute atomic E-state index is 13.0. The van der Waals surface area contributed by atoms with Gasteiger partial charge in [-0.15, -0.1) is 0 Å². The SMILES string of the molecule is CCOC(=O)CN(C[C@H](CN1C(=O)c2ccccc2C1=O)O[Si](C)(C)C(C)(C)C)C(C)(C)C. The summed E-state index contributed by atoms with van der Waals surface area (Å²) in [6, 6.07) is 6.89. The van der Waals surface area contributed by atoms with Gasteiger partial charge in [-0.2, -0.15) is 0 Å². The Morgan fingerprint density at radius 1 is 1.03 bits per heavy atom. The van der Waals surface area contributed by atoms with Crippen LogP contribution >= 0.6 is 0 Å². The third-order valence-corrected chi connectivity index (χ3v) is 11.1. The summed E-state index contributed by atoms with van der Waals surface area (Å²) in [7, 11) is -2.24. The molecule has 184 valence electrons. The molecular weight excluding hydrogens is 436 g/mol. The van der Waals surface area contributed by atoms with Crippen molar-refractivity contribution in [3.05, 3.63) is 35.4 Å². The number of ether oxygens (including phenoxy) is 1. The Labute approximate surface area is 199 Å². The van der Waals surface area contributed by atoms with Crippen LogP contribution in [0.25, 0.3) is 0 Å². The summed E-state index contributed by atoms with van der Waals surface area (Å²) in [4.78, 5) is 41.6. The molecular formula is C25H40N2O5Si. The summed E-state index contributed by atoms with van der Waals surface area (Å²) in [5.41, 5.74) is 0.504. The lowest BCUT2D eigenvalue weighted by molar-refractivity contribution is -0.146. The van der Waals surface area contributed by atoms with Gasteiger partial charge in [-0.3, -0.25) is 24.2 Å². The molecule has 2 rings (SSSR count). The van der Waals surface area contributed by atoms with Crippen LogP contribution in [-0.2, 0) is 14.0 Å². The molecule has 33 heavy (non-hydrogen) atoms. The van der Waals surface area contributed by atoms with Crippen molar-refractivity contribution in [1.82, 2.24) is 9.80 Å². The highest BCUT2D eigenvalue weighted by Crippen LogP contribution is 2.38. The standard InChI is InChI=1S/C25H40N2O5Si/c1-10-31-21(28)17-26(24(2,3)4)15-18(32-33(8,9)25(5,6)7)16-27-22(29)19-13-11-12-14-20(19)23(27)30/h11-14,18H,10,15-17H2,1-9H3/t18-/m1/s1. The fraction of sp³-hybridized carbons (Fsp3) is 0.640. The van der Waals surface area contributed by atoms with E-state index in [1.54, 1.807) is 31.2 Å². The van der Waals surface area contributed by atoms with E-state index in [0.717, 1.165) is 0 Å². The summed E-state index contributed by atoms with van der Waals surface area (Å²) in [5.74, 6) is -0.904. The second kappa shape index (κ2) is 10.1. The molecule has 1 heterocycles. The molecule has 0 unspecified atom stereocenters. The van der Waals surface area contributed by atoms with Gasteiger partial charge in [-0.25, -0.2) is 0 Å². The van der Waals surface area contributed by atoms with Crippen molar-refractivity contribution in [3.8, 4) is 0 Å². The Balaban J connectivity index is 2.34. The van der Waals surface area contributed by atoms with Crippen molar-refractivity contribution in [2.75, 3.05) is 26.2 Å². The number of benzene rings is 1. The third kappa shape index (κ3) is 6.52. The molecule has 0 saturated carbocycles. The number of amides is 2. The van der Waals surface area contributed by atoms with Gasteiger partial charge >= 0.3 is 5.97 Å². The molecule has 0 spiro atoms. The zero-order valence-corrected chi connectivity index (χ0v) is 22.7. The molecule has 1 aromatic carbocycles. The van der Waals surface area contributed by atoms with Crippen LogP contribution in [0.4, 0.5) is 0 Å². The predicted molar refractivity (Wildman–Crippen MR) is 132 cm³/mol. The van der Waals surface area contributed by atoms with E-state index in [4.69, 9.17) is 9.16 Å². The summed E-state index contributed by atoms with van der Waals surface area (Å²) >= 11 is 0. The summed E-state index contributed by atoms with van der Waals surface area (Å²) in [5, 5.41) is -0.0546. The van der Waals surface area contributed by atoms with E-state index in [0.29, 0.717) is 24.3 Å². The van der Waals surface area contributed by atoms with Crippen LogP contribution in [0.15, 0.2) is 24.3 Å². The molecule has 2 amide bonds. The van der Waals surface area contributed by atoms with Crippen LogP contribution < -0.4 is 0 Å². The molecule has 1 aliphatic heterocycles. The highest BCUT2D eigenvalue weighted by molar-refractivity contribution is 6.74. The van der Waals surface area contributed by atoms with Gasteiger partial charge in [0.05, 0.1) is 36.9 Å². The third-order valence-electron chi connectivity index (χ3n) is 6.53. The summed E-state index contributed by atoms with van der Waals surface area (Å²) in [6.45, 7) is 19.6. The predicted octanol–water partition coefficient (Wildman–Crippen LogP) is 4.34. The molecule has 0 N–H and O–H groups in total. The Morgan fingerprint density at radius 3 is 1.97 bits per heavy atom. The largest absolute Gasteiger partial charge is 0.465 e. The zero-order chi connectivity index (χ0) is 25.2. The number of rotatable bonds is 9. The van der Waals surface area contributed by atoms with Gasteiger partial charge in [0, 0.05) is 12.1 Å². The van der Waals surface area contributed by atoms with Gasteiger partial charge in [-0.05, 0) is 58.0 Å². The first-order valence-corrected chi connectivity index (χ1v) is 14.5. The van der Waals surface area contributed by atoms with Crippen LogP contribution in [0.1, 0.15) is 69.2 Å². The highest BCUT2D eigenvalue weighted by atomic mass is 28.4. The van der Waals surface area contributed by atoms with Crippen molar-refractivity contribution in [1.29, 1.82) is 0 Å². The van der Waals surface area contributed by atoms with Crippen molar-refractivity contribution in [3.63, 3.8) is 0 Å². The van der Waals surface area contributed by atoms with Crippen molar-refractivity contribution in [2.45, 2.75) is 78.2 Å². The number of carbonyl (C=O) groups excluding carboxylic acids is 3. The second-order valence-corrected chi connectivity index (χ2v) is 15.9. The van der Waals surface area contributed by atoms with E-state index < -0.39 is 14.4 Å². The average molecular weight is 477 g/mol. The van der Waals surface area contributed by atoms with Crippen LogP contribution in [0, 0.1) is 0 Å². The molecule has 1 aliphatic rings. The lowest BCUT2D eigenvalue weighted by Crippen LogP contribution is -2.55. The number of fused-ring (bicyclic) bond motifs is 1. The number of hydrogen-bond donors (Lipinski definition) is 0. The summed E-state index contributed by atoms with van der Waals surface area (Å²) in [6.07, 6.45) is -0.443. The van der Waals surface area contributed by atoms with E-state index >= 15 is 0 Å². The van der Waals surface area contributed by atoms with E-state index in [-0.39, 0.29) is 41.5 Å². The zero-order valence-electron chi connectivity index (χ0n) is 21.7. The minimum Gasteiger partial charge on any atom is -0.465 e. The molecule has 8 heteroatoms. The monoisotopic (exact) mass is 476 g/mol. The van der Waals surface area contributed by atoms with E-state index in [9.17, 15) is 14.4 Å². The van der Waals surface area contributed by atoms with Gasteiger partial charge in [0.1, 0.15) is 0 Å². The van der Waals surface area contributed by atoms with E-state index in [1.165, 1.54) is 4.90 Å². The summed E-state index contributed by atoms with van der Waals surface area (Å²) < 4.78 is 11.9. The molecule has 7 nitrogen and oxygen atoms in total. The molecule has 0 fully saturated rings. The fourth-order valence-corrected chi connectivity index (χ4v) is 4.85. The Bertz CT molecular complexity index is 851. The molecule has 1 aromatic rings. The first kappa shape index (κ1) is 27.2. The molecule has 0 aromatic heterocycles. The molecule has 0 aliphatic carbocycles. The maximum atomic E-state index is 13.0. The number of carbonyl (C=O) groups is 3. The van der Waals surface area contributed by atoms with Crippen molar-refractivity contribution in [2.24, 2.45) is 0 Å². The molecule has 1 atom stereocenters. The average Bonchev–Trinajstić information content (AvgIpc) is 2.91.